The summed E-state index contributed by atoms with van der Waals surface area (Å²) in [5.74, 6) is 0.934. The molecule has 22 heavy (non-hydrogen) atoms. The van der Waals surface area contributed by atoms with Crippen molar-refractivity contribution in [3.8, 4) is 6.07 Å². The Morgan fingerprint density at radius 3 is 2.36 bits per heavy atom. The minimum Gasteiger partial charge on any atom is -0.468 e. The zero-order valence-corrected chi connectivity index (χ0v) is 13.7. The van der Waals surface area contributed by atoms with Gasteiger partial charge in [0.1, 0.15) is 5.76 Å². The SMILES string of the molecule is CC(C)(C)c1ccc(CN(CCC#N)Cc2ccco2)cc1. The molecule has 2 aromatic rings. The predicted molar refractivity (Wildman–Crippen MR) is 88.2 cm³/mol. The second-order valence-electron chi connectivity index (χ2n) is 6.65. The number of hydrogen-bond donors (Lipinski definition) is 0. The Morgan fingerprint density at radius 2 is 1.82 bits per heavy atom. The molecule has 3 heteroatoms. The molecule has 0 bridgehead atoms. The Morgan fingerprint density at radius 1 is 1.09 bits per heavy atom. The molecule has 0 spiro atoms. The third-order valence-corrected chi connectivity index (χ3v) is 3.73. The van der Waals surface area contributed by atoms with Gasteiger partial charge in [-0.3, -0.25) is 4.90 Å². The molecule has 0 amide bonds. The zero-order chi connectivity index (χ0) is 16.0. The lowest BCUT2D eigenvalue weighted by atomic mass is 9.87. The highest BCUT2D eigenvalue weighted by molar-refractivity contribution is 5.27. The van der Waals surface area contributed by atoms with Crippen molar-refractivity contribution in [3.63, 3.8) is 0 Å². The number of nitriles is 1. The maximum atomic E-state index is 8.83. The van der Waals surface area contributed by atoms with Crippen LogP contribution in [0.4, 0.5) is 0 Å². The van der Waals surface area contributed by atoms with Gasteiger partial charge in [-0.2, -0.15) is 5.26 Å². The van der Waals surface area contributed by atoms with E-state index in [1.165, 1.54) is 11.1 Å². The molecule has 0 saturated carbocycles. The highest BCUT2D eigenvalue weighted by Crippen LogP contribution is 2.22. The molecule has 0 N–H and O–H groups in total. The fourth-order valence-electron chi connectivity index (χ4n) is 2.41. The average Bonchev–Trinajstić information content (AvgIpc) is 2.97. The Labute approximate surface area is 133 Å². The first-order valence-corrected chi connectivity index (χ1v) is 7.70. The van der Waals surface area contributed by atoms with E-state index in [4.69, 9.17) is 9.68 Å². The molecule has 0 unspecified atom stereocenters. The van der Waals surface area contributed by atoms with Gasteiger partial charge in [0.15, 0.2) is 0 Å². The van der Waals surface area contributed by atoms with Gasteiger partial charge in [0.25, 0.3) is 0 Å². The van der Waals surface area contributed by atoms with Crippen LogP contribution in [0.25, 0.3) is 0 Å². The molecule has 1 aromatic heterocycles. The van der Waals surface area contributed by atoms with Gasteiger partial charge < -0.3 is 4.42 Å². The van der Waals surface area contributed by atoms with Gasteiger partial charge in [0, 0.05) is 19.5 Å². The van der Waals surface area contributed by atoms with Crippen LogP contribution >= 0.6 is 0 Å². The Kier molecular flexibility index (Phi) is 5.41. The highest BCUT2D eigenvalue weighted by Gasteiger charge is 2.14. The number of hydrogen-bond acceptors (Lipinski definition) is 3. The van der Waals surface area contributed by atoms with Crippen LogP contribution in [0.2, 0.25) is 0 Å². The number of furan rings is 1. The Hall–Kier alpha value is -2.05. The summed E-state index contributed by atoms with van der Waals surface area (Å²) >= 11 is 0. The van der Waals surface area contributed by atoms with E-state index in [1.54, 1.807) is 6.26 Å². The third kappa shape index (κ3) is 4.75. The fraction of sp³-hybridized carbons (Fsp3) is 0.421. The quantitative estimate of drug-likeness (QED) is 0.788. The van der Waals surface area contributed by atoms with E-state index >= 15 is 0 Å². The minimum absolute atomic E-state index is 0.174. The van der Waals surface area contributed by atoms with Crippen LogP contribution in [0.15, 0.2) is 47.1 Å². The van der Waals surface area contributed by atoms with Crippen molar-refractivity contribution >= 4 is 0 Å². The molecule has 0 saturated heterocycles. The Balaban J connectivity index is 2.04. The topological polar surface area (TPSA) is 40.2 Å². The minimum atomic E-state index is 0.174. The van der Waals surface area contributed by atoms with E-state index in [-0.39, 0.29) is 5.41 Å². The molecule has 2 rings (SSSR count). The third-order valence-electron chi connectivity index (χ3n) is 3.73. The van der Waals surface area contributed by atoms with Gasteiger partial charge in [-0.1, -0.05) is 45.0 Å². The van der Waals surface area contributed by atoms with Crippen LogP contribution in [0.3, 0.4) is 0 Å². The van der Waals surface area contributed by atoms with Gasteiger partial charge >= 0.3 is 0 Å². The summed E-state index contributed by atoms with van der Waals surface area (Å²) in [7, 11) is 0. The van der Waals surface area contributed by atoms with Crippen molar-refractivity contribution < 1.29 is 4.42 Å². The van der Waals surface area contributed by atoms with Crippen molar-refractivity contribution in [1.82, 2.24) is 4.90 Å². The first-order valence-electron chi connectivity index (χ1n) is 7.70. The summed E-state index contributed by atoms with van der Waals surface area (Å²) in [6.45, 7) is 8.97. The highest BCUT2D eigenvalue weighted by atomic mass is 16.3. The second-order valence-corrected chi connectivity index (χ2v) is 6.65. The molecule has 0 aliphatic carbocycles. The van der Waals surface area contributed by atoms with Crippen molar-refractivity contribution in [2.24, 2.45) is 0 Å². The zero-order valence-electron chi connectivity index (χ0n) is 13.7. The van der Waals surface area contributed by atoms with Gasteiger partial charge in [-0.25, -0.2) is 0 Å². The summed E-state index contributed by atoms with van der Waals surface area (Å²) in [6, 6.07) is 14.9. The van der Waals surface area contributed by atoms with E-state index in [0.29, 0.717) is 6.42 Å². The standard InChI is InChI=1S/C19H24N2O/c1-19(2,3)17-9-7-16(8-10-17)14-21(12-5-11-20)15-18-6-4-13-22-18/h4,6-10,13H,5,12,14-15H2,1-3H3. The summed E-state index contributed by atoms with van der Waals surface area (Å²) < 4.78 is 5.42. The largest absolute Gasteiger partial charge is 0.468 e. The number of nitrogens with zero attached hydrogens (tertiary/aromatic N) is 2. The van der Waals surface area contributed by atoms with Gasteiger partial charge in [0.2, 0.25) is 0 Å². The first kappa shape index (κ1) is 16.3. The second kappa shape index (κ2) is 7.29. The predicted octanol–water partition coefficient (Wildman–Crippen LogP) is 4.49. The van der Waals surface area contributed by atoms with E-state index in [9.17, 15) is 0 Å². The summed E-state index contributed by atoms with van der Waals surface area (Å²) in [6.07, 6.45) is 2.22. The van der Waals surface area contributed by atoms with Gasteiger partial charge in [-0.15, -0.1) is 0 Å². The van der Waals surface area contributed by atoms with Gasteiger partial charge in [0.05, 0.1) is 18.9 Å². The van der Waals surface area contributed by atoms with Crippen LogP contribution < -0.4 is 0 Å². The van der Waals surface area contributed by atoms with Crippen molar-refractivity contribution in [1.29, 1.82) is 5.26 Å². The van der Waals surface area contributed by atoms with Crippen LogP contribution in [-0.4, -0.2) is 11.4 Å². The molecule has 0 aliphatic rings. The molecular formula is C19H24N2O. The molecular weight excluding hydrogens is 272 g/mol. The molecule has 0 radical (unpaired) electrons. The lowest BCUT2D eigenvalue weighted by Crippen LogP contribution is -2.23. The molecule has 3 nitrogen and oxygen atoms in total. The molecule has 0 atom stereocenters. The number of rotatable bonds is 6. The molecule has 0 aliphatic heterocycles. The smallest absolute Gasteiger partial charge is 0.117 e. The average molecular weight is 296 g/mol. The van der Waals surface area contributed by atoms with E-state index < -0.39 is 0 Å². The summed E-state index contributed by atoms with van der Waals surface area (Å²) in [5, 5.41) is 8.83. The van der Waals surface area contributed by atoms with Crippen LogP contribution in [0.5, 0.6) is 0 Å². The van der Waals surface area contributed by atoms with Crippen molar-refractivity contribution in [2.75, 3.05) is 6.54 Å². The van der Waals surface area contributed by atoms with E-state index in [0.717, 1.165) is 25.4 Å². The molecule has 116 valence electrons. The molecule has 1 heterocycles. The molecule has 1 aromatic carbocycles. The summed E-state index contributed by atoms with van der Waals surface area (Å²) in [5.41, 5.74) is 2.77. The lowest BCUT2D eigenvalue weighted by molar-refractivity contribution is 0.240. The van der Waals surface area contributed by atoms with Crippen LogP contribution in [-0.2, 0) is 18.5 Å². The fourth-order valence-corrected chi connectivity index (χ4v) is 2.41. The van der Waals surface area contributed by atoms with E-state index in [2.05, 4.69) is 56.0 Å². The number of benzene rings is 1. The van der Waals surface area contributed by atoms with Crippen molar-refractivity contribution in [2.45, 2.75) is 45.7 Å². The van der Waals surface area contributed by atoms with Crippen molar-refractivity contribution in [3.05, 3.63) is 59.5 Å². The maximum absolute atomic E-state index is 8.83. The van der Waals surface area contributed by atoms with E-state index in [1.807, 2.05) is 12.1 Å². The monoisotopic (exact) mass is 296 g/mol. The lowest BCUT2D eigenvalue weighted by Gasteiger charge is -2.22. The Bertz CT molecular complexity index is 600. The maximum Gasteiger partial charge on any atom is 0.117 e. The van der Waals surface area contributed by atoms with Crippen LogP contribution in [0.1, 0.15) is 44.1 Å². The molecule has 0 fully saturated rings. The normalized spacial score (nSPS) is 11.6. The van der Waals surface area contributed by atoms with Gasteiger partial charge in [-0.05, 0) is 28.7 Å². The van der Waals surface area contributed by atoms with Crippen LogP contribution in [0, 0.1) is 11.3 Å². The first-order chi connectivity index (χ1) is 10.5. The summed E-state index contributed by atoms with van der Waals surface area (Å²) in [4.78, 5) is 2.24.